The number of guanidine groups is 1. The third kappa shape index (κ3) is 13.7. The Morgan fingerprint density at radius 2 is 1.95 bits per heavy atom. The molecule has 0 saturated carbocycles. The summed E-state index contributed by atoms with van der Waals surface area (Å²) in [4.78, 5) is 7.00. The Balaban J connectivity index is 0. The zero-order valence-electron chi connectivity index (χ0n) is 14.4. The van der Waals surface area contributed by atoms with Crippen LogP contribution in [-0.4, -0.2) is 62.1 Å². The predicted molar refractivity (Wildman–Crippen MR) is 109 cm³/mol. The van der Waals surface area contributed by atoms with Gasteiger partial charge in [-0.25, -0.2) is 0 Å². The van der Waals surface area contributed by atoms with E-state index in [9.17, 15) is 0 Å². The number of unbranched alkanes of at least 4 members (excludes halogenated alkanes) is 1. The molecule has 0 aliphatic carbocycles. The second kappa shape index (κ2) is 16.7. The summed E-state index contributed by atoms with van der Waals surface area (Å²) in [7, 11) is 2.18. The van der Waals surface area contributed by atoms with Crippen LogP contribution in [0.3, 0.4) is 0 Å². The number of hydrogen-bond donors (Lipinski definition) is 2. The van der Waals surface area contributed by atoms with E-state index in [0.29, 0.717) is 6.04 Å². The molecule has 0 aliphatic rings. The van der Waals surface area contributed by atoms with E-state index in [1.165, 1.54) is 25.0 Å². The molecule has 0 amide bonds. The number of thioether (sulfide) groups is 1. The van der Waals surface area contributed by atoms with Crippen molar-refractivity contribution >= 4 is 41.7 Å². The van der Waals surface area contributed by atoms with Gasteiger partial charge in [-0.3, -0.25) is 4.99 Å². The molecule has 0 spiro atoms. The topological polar surface area (TPSA) is 39.7 Å². The first kappa shape index (κ1) is 23.6. The second-order valence-corrected chi connectivity index (χ2v) is 6.11. The van der Waals surface area contributed by atoms with Gasteiger partial charge >= 0.3 is 0 Å². The zero-order valence-corrected chi connectivity index (χ0v) is 17.6. The predicted octanol–water partition coefficient (Wildman–Crippen LogP) is 3.03. The number of nitrogens with zero attached hydrogens (tertiary/aromatic N) is 2. The summed E-state index contributed by atoms with van der Waals surface area (Å²) in [6.45, 7) is 10.4. The molecule has 1 atom stereocenters. The molecule has 0 aromatic carbocycles. The molecular weight excluding hydrogens is 395 g/mol. The minimum absolute atomic E-state index is 0. The maximum Gasteiger partial charge on any atom is 0.191 e. The summed E-state index contributed by atoms with van der Waals surface area (Å²) in [6.07, 6.45) is 5.77. The van der Waals surface area contributed by atoms with Gasteiger partial charge in [-0.1, -0.05) is 6.92 Å². The molecule has 1 unspecified atom stereocenters. The number of aliphatic imine (C=N–C) groups is 1. The first-order chi connectivity index (χ1) is 9.65. The Bertz CT molecular complexity index is 252. The smallest absolute Gasteiger partial charge is 0.191 e. The van der Waals surface area contributed by atoms with E-state index in [4.69, 9.17) is 0 Å². The third-order valence-corrected chi connectivity index (χ3v) is 4.17. The Morgan fingerprint density at radius 1 is 1.24 bits per heavy atom. The van der Waals surface area contributed by atoms with Gasteiger partial charge in [-0.15, -0.1) is 24.0 Å². The van der Waals surface area contributed by atoms with Gasteiger partial charge in [0.25, 0.3) is 0 Å². The second-order valence-electron chi connectivity index (χ2n) is 5.13. The standard InChI is InChI=1S/C15H34N4S.HI/c1-6-14(3)19(4)12-11-18-15(16-7-2)17-10-8-9-13-20-5;/h14H,6-13H2,1-5H3,(H2,16,17,18);1H. The van der Waals surface area contributed by atoms with Gasteiger partial charge in [0, 0.05) is 32.2 Å². The average molecular weight is 430 g/mol. The van der Waals surface area contributed by atoms with Gasteiger partial charge < -0.3 is 15.5 Å². The van der Waals surface area contributed by atoms with Crippen LogP contribution in [0.25, 0.3) is 0 Å². The quantitative estimate of drug-likeness (QED) is 0.229. The van der Waals surface area contributed by atoms with Crippen LogP contribution in [0, 0.1) is 0 Å². The summed E-state index contributed by atoms with van der Waals surface area (Å²) >= 11 is 1.91. The first-order valence-electron chi connectivity index (χ1n) is 7.87. The minimum atomic E-state index is 0. The number of likely N-dealkylation sites (N-methyl/N-ethyl adjacent to an activating group) is 1. The lowest BCUT2D eigenvalue weighted by Crippen LogP contribution is -2.42. The number of halogens is 1. The fraction of sp³-hybridized carbons (Fsp3) is 0.933. The molecule has 0 fully saturated rings. The Labute approximate surface area is 153 Å². The van der Waals surface area contributed by atoms with Crippen molar-refractivity contribution in [2.45, 2.75) is 46.1 Å². The van der Waals surface area contributed by atoms with Gasteiger partial charge in [0.05, 0.1) is 0 Å². The fourth-order valence-corrected chi connectivity index (χ4v) is 2.27. The van der Waals surface area contributed by atoms with Crippen LogP contribution in [0.4, 0.5) is 0 Å². The summed E-state index contributed by atoms with van der Waals surface area (Å²) in [6, 6.07) is 0.642. The van der Waals surface area contributed by atoms with Crippen molar-refractivity contribution < 1.29 is 0 Å². The van der Waals surface area contributed by atoms with E-state index in [1.807, 2.05) is 11.8 Å². The van der Waals surface area contributed by atoms with Crippen molar-refractivity contribution in [1.29, 1.82) is 0 Å². The van der Waals surface area contributed by atoms with Gasteiger partial charge in [-0.05, 0) is 52.2 Å². The van der Waals surface area contributed by atoms with Crippen molar-refractivity contribution in [2.75, 3.05) is 45.2 Å². The average Bonchev–Trinajstić information content (AvgIpc) is 2.45. The normalized spacial score (nSPS) is 13.0. The van der Waals surface area contributed by atoms with Crippen LogP contribution in [0.1, 0.15) is 40.0 Å². The van der Waals surface area contributed by atoms with Crippen LogP contribution in [0.15, 0.2) is 4.99 Å². The number of hydrogen-bond acceptors (Lipinski definition) is 3. The molecule has 0 aliphatic heterocycles. The van der Waals surface area contributed by atoms with Gasteiger partial charge in [-0.2, -0.15) is 11.8 Å². The first-order valence-corrected chi connectivity index (χ1v) is 9.26. The van der Waals surface area contributed by atoms with Gasteiger partial charge in [0.15, 0.2) is 5.96 Å². The van der Waals surface area contributed by atoms with Crippen molar-refractivity contribution in [2.24, 2.45) is 4.99 Å². The van der Waals surface area contributed by atoms with Crippen LogP contribution >= 0.6 is 35.7 Å². The maximum atomic E-state index is 4.61. The van der Waals surface area contributed by atoms with E-state index < -0.39 is 0 Å². The molecule has 128 valence electrons. The van der Waals surface area contributed by atoms with Crippen LogP contribution in [-0.2, 0) is 0 Å². The van der Waals surface area contributed by atoms with Gasteiger partial charge in [0.2, 0.25) is 0 Å². The SMILES string of the molecule is CCNC(=NCCCCSC)NCCN(C)C(C)CC.I. The van der Waals surface area contributed by atoms with Crippen LogP contribution < -0.4 is 10.6 Å². The maximum absolute atomic E-state index is 4.61. The number of rotatable bonds is 11. The molecule has 0 aromatic heterocycles. The van der Waals surface area contributed by atoms with Crippen molar-refractivity contribution in [3.05, 3.63) is 0 Å². The largest absolute Gasteiger partial charge is 0.357 e. The summed E-state index contributed by atoms with van der Waals surface area (Å²) in [5, 5.41) is 6.72. The lowest BCUT2D eigenvalue weighted by atomic mass is 10.2. The molecule has 4 nitrogen and oxygen atoms in total. The summed E-state index contributed by atoms with van der Waals surface area (Å²) < 4.78 is 0. The lowest BCUT2D eigenvalue weighted by molar-refractivity contribution is 0.255. The zero-order chi connectivity index (χ0) is 15.2. The Morgan fingerprint density at radius 3 is 2.52 bits per heavy atom. The van der Waals surface area contributed by atoms with E-state index in [0.717, 1.165) is 32.1 Å². The molecule has 0 heterocycles. The minimum Gasteiger partial charge on any atom is -0.357 e. The Hall–Kier alpha value is 0.310. The van der Waals surface area contributed by atoms with Crippen LogP contribution in [0.5, 0.6) is 0 Å². The molecule has 2 N–H and O–H groups in total. The third-order valence-electron chi connectivity index (χ3n) is 3.47. The van der Waals surface area contributed by atoms with Crippen molar-refractivity contribution in [3.8, 4) is 0 Å². The lowest BCUT2D eigenvalue weighted by Gasteiger charge is -2.24. The van der Waals surface area contributed by atoms with E-state index in [-0.39, 0.29) is 24.0 Å². The molecule has 0 aromatic rings. The molecule has 0 rings (SSSR count). The van der Waals surface area contributed by atoms with E-state index in [2.05, 4.69) is 54.6 Å². The summed E-state index contributed by atoms with van der Waals surface area (Å²) in [5.41, 5.74) is 0. The van der Waals surface area contributed by atoms with E-state index in [1.54, 1.807) is 0 Å². The Kier molecular flexibility index (Phi) is 18.7. The highest BCUT2D eigenvalue weighted by Crippen LogP contribution is 1.99. The fourth-order valence-electron chi connectivity index (χ4n) is 1.77. The van der Waals surface area contributed by atoms with Crippen molar-refractivity contribution in [3.63, 3.8) is 0 Å². The van der Waals surface area contributed by atoms with E-state index >= 15 is 0 Å². The molecular formula is C15H35IN4S. The highest BCUT2D eigenvalue weighted by atomic mass is 127. The highest BCUT2D eigenvalue weighted by molar-refractivity contribution is 14.0. The molecule has 0 bridgehead atoms. The van der Waals surface area contributed by atoms with Crippen LogP contribution in [0.2, 0.25) is 0 Å². The van der Waals surface area contributed by atoms with Crippen molar-refractivity contribution in [1.82, 2.24) is 15.5 Å². The summed E-state index contributed by atoms with van der Waals surface area (Å²) in [5.74, 6) is 2.19. The molecule has 0 saturated heterocycles. The monoisotopic (exact) mass is 430 g/mol. The number of nitrogens with one attached hydrogen (secondary N) is 2. The molecule has 0 radical (unpaired) electrons. The highest BCUT2D eigenvalue weighted by Gasteiger charge is 2.06. The molecule has 21 heavy (non-hydrogen) atoms. The van der Waals surface area contributed by atoms with Gasteiger partial charge in [0.1, 0.15) is 0 Å². The molecule has 6 heteroatoms.